The van der Waals surface area contributed by atoms with Gasteiger partial charge >= 0.3 is 5.97 Å². The topological polar surface area (TPSA) is 129 Å². The van der Waals surface area contributed by atoms with E-state index in [2.05, 4.69) is 66.9 Å². The van der Waals surface area contributed by atoms with Crippen LogP contribution in [0, 0.1) is 5.41 Å². The Morgan fingerprint density at radius 3 is 2.44 bits per heavy atom. The number of nitrogen functional groups attached to an aromatic ring is 1. The number of hydrogen-bond donors (Lipinski definition) is 4. The second-order valence-electron chi connectivity index (χ2n) is 9.20. The molecule has 3 aromatic rings. The molecule has 5 rings (SSSR count). The number of nitrogens with one attached hydrogen (secondary N) is 2. The highest BCUT2D eigenvalue weighted by atomic mass is 16.4. The predicted octanol–water partition coefficient (Wildman–Crippen LogP) is 2.77. The van der Waals surface area contributed by atoms with Crippen molar-refractivity contribution in [1.29, 1.82) is 0 Å². The first-order chi connectivity index (χ1) is 16.5. The number of nitrogens with zero attached hydrogens (tertiary/aromatic N) is 4. The molecule has 1 unspecified atom stereocenters. The summed E-state index contributed by atoms with van der Waals surface area (Å²) in [6, 6.07) is 18.2. The van der Waals surface area contributed by atoms with Crippen LogP contribution in [0.2, 0.25) is 0 Å². The van der Waals surface area contributed by atoms with E-state index in [1.54, 1.807) is 0 Å². The minimum atomic E-state index is -0.769. The zero-order valence-electron chi connectivity index (χ0n) is 18.9. The highest BCUT2D eigenvalue weighted by Gasteiger charge is 2.43. The van der Waals surface area contributed by atoms with Gasteiger partial charge in [0.1, 0.15) is 6.04 Å². The lowest BCUT2D eigenvalue weighted by Crippen LogP contribution is -2.42. The van der Waals surface area contributed by atoms with Crippen molar-refractivity contribution < 1.29 is 9.90 Å². The van der Waals surface area contributed by atoms with Crippen LogP contribution in [-0.2, 0) is 11.3 Å². The van der Waals surface area contributed by atoms with Crippen LogP contribution in [-0.4, -0.2) is 51.7 Å². The number of piperidine rings is 1. The number of benzene rings is 2. The number of rotatable bonds is 6. The molecule has 34 heavy (non-hydrogen) atoms. The van der Waals surface area contributed by atoms with Gasteiger partial charge in [-0.25, -0.2) is 0 Å². The smallest absolute Gasteiger partial charge is 0.320 e. The summed E-state index contributed by atoms with van der Waals surface area (Å²) in [5, 5.41) is 15.7. The number of anilines is 3. The molecule has 2 aromatic carbocycles. The molecule has 9 heteroatoms. The first-order valence-electron chi connectivity index (χ1n) is 11.6. The number of carboxylic acids is 1. The second-order valence-corrected chi connectivity index (χ2v) is 9.20. The van der Waals surface area contributed by atoms with Gasteiger partial charge in [-0.05, 0) is 41.4 Å². The van der Waals surface area contributed by atoms with E-state index in [-0.39, 0.29) is 11.4 Å². The van der Waals surface area contributed by atoms with Gasteiger partial charge in [0, 0.05) is 26.2 Å². The highest BCUT2D eigenvalue weighted by Crippen LogP contribution is 2.40. The van der Waals surface area contributed by atoms with Gasteiger partial charge in [-0.2, -0.15) is 15.0 Å². The van der Waals surface area contributed by atoms with E-state index < -0.39 is 12.0 Å². The summed E-state index contributed by atoms with van der Waals surface area (Å²) in [4.78, 5) is 26.6. The van der Waals surface area contributed by atoms with Gasteiger partial charge in [0.25, 0.3) is 0 Å². The normalized spacial score (nSPS) is 19.3. The van der Waals surface area contributed by atoms with E-state index in [0.29, 0.717) is 24.9 Å². The Balaban J connectivity index is 1.20. The third-order valence-electron chi connectivity index (χ3n) is 6.92. The Kier molecular flexibility index (Phi) is 6.02. The largest absolute Gasteiger partial charge is 0.480 e. The zero-order chi connectivity index (χ0) is 23.5. The fourth-order valence-corrected chi connectivity index (χ4v) is 4.88. The molecule has 176 valence electrons. The summed E-state index contributed by atoms with van der Waals surface area (Å²) in [6.07, 6.45) is 2.46. The van der Waals surface area contributed by atoms with Crippen molar-refractivity contribution in [3.8, 4) is 11.1 Å². The summed E-state index contributed by atoms with van der Waals surface area (Å²) in [5.74, 6) is 0.420. The van der Waals surface area contributed by atoms with Gasteiger partial charge in [0.05, 0.1) is 0 Å². The first kappa shape index (κ1) is 22.1. The van der Waals surface area contributed by atoms with E-state index in [9.17, 15) is 9.90 Å². The van der Waals surface area contributed by atoms with E-state index in [0.717, 1.165) is 38.0 Å². The Hall–Kier alpha value is -3.72. The van der Waals surface area contributed by atoms with Crippen molar-refractivity contribution >= 4 is 23.8 Å². The van der Waals surface area contributed by atoms with Gasteiger partial charge < -0.3 is 26.4 Å². The molecule has 0 amide bonds. The number of aliphatic carboxylic acids is 1. The molecule has 0 radical (unpaired) electrons. The minimum Gasteiger partial charge on any atom is -0.480 e. The molecule has 0 aliphatic carbocycles. The molecule has 2 aliphatic heterocycles. The van der Waals surface area contributed by atoms with Crippen LogP contribution in [0.1, 0.15) is 24.8 Å². The fourth-order valence-electron chi connectivity index (χ4n) is 4.88. The van der Waals surface area contributed by atoms with Crippen molar-refractivity contribution in [2.45, 2.75) is 31.8 Å². The van der Waals surface area contributed by atoms with E-state index in [4.69, 9.17) is 5.73 Å². The SMILES string of the molecule is Nc1nc(NCc2ccc(-c3ccccc3)cc2)nc(N2CCC3(CC2)CNC(C(=O)O)C3)n1. The monoisotopic (exact) mass is 459 g/mol. The zero-order valence-corrected chi connectivity index (χ0v) is 18.9. The maximum Gasteiger partial charge on any atom is 0.320 e. The standard InChI is InChI=1S/C25H29N7O2/c26-22-29-23(27-15-17-6-8-19(9-7-17)18-4-2-1-3-5-18)31-24(30-22)32-12-10-25(11-13-32)14-20(21(33)34)28-16-25/h1-9,20,28H,10-16H2,(H,33,34)(H3,26,27,29,30,31). The van der Waals surface area contributed by atoms with Gasteiger partial charge in [0.2, 0.25) is 17.8 Å². The lowest BCUT2D eigenvalue weighted by molar-refractivity contribution is -0.139. The molecular weight excluding hydrogens is 430 g/mol. The molecule has 2 fully saturated rings. The van der Waals surface area contributed by atoms with E-state index in [1.165, 1.54) is 11.1 Å². The van der Waals surface area contributed by atoms with Gasteiger partial charge in [-0.1, -0.05) is 54.6 Å². The summed E-state index contributed by atoms with van der Waals surface area (Å²) in [5.41, 5.74) is 9.49. The molecule has 1 atom stereocenters. The molecule has 0 saturated carbocycles. The van der Waals surface area contributed by atoms with Crippen LogP contribution in [0.4, 0.5) is 17.8 Å². The quantitative estimate of drug-likeness (QED) is 0.440. The molecule has 9 nitrogen and oxygen atoms in total. The number of carboxylic acid groups (broad SMARTS) is 1. The van der Waals surface area contributed by atoms with Crippen LogP contribution in [0.15, 0.2) is 54.6 Å². The Morgan fingerprint density at radius 1 is 1.06 bits per heavy atom. The van der Waals surface area contributed by atoms with Crippen LogP contribution >= 0.6 is 0 Å². The third-order valence-corrected chi connectivity index (χ3v) is 6.92. The third kappa shape index (κ3) is 4.79. The van der Waals surface area contributed by atoms with Crippen molar-refractivity contribution in [2.75, 3.05) is 35.6 Å². The van der Waals surface area contributed by atoms with Crippen LogP contribution in [0.25, 0.3) is 11.1 Å². The average molecular weight is 460 g/mol. The minimum absolute atomic E-state index is 0.0329. The maximum absolute atomic E-state index is 11.3. The number of hydrogen-bond acceptors (Lipinski definition) is 8. The lowest BCUT2D eigenvalue weighted by atomic mass is 9.76. The molecule has 1 spiro atoms. The second kappa shape index (κ2) is 9.26. The number of nitrogens with two attached hydrogens (primary N) is 1. The first-order valence-corrected chi connectivity index (χ1v) is 11.6. The molecule has 2 aliphatic rings. The van der Waals surface area contributed by atoms with E-state index in [1.807, 2.05) is 18.2 Å². The van der Waals surface area contributed by atoms with Crippen LogP contribution < -0.4 is 21.3 Å². The van der Waals surface area contributed by atoms with Gasteiger partial charge in [0.15, 0.2) is 0 Å². The average Bonchev–Trinajstić information content (AvgIpc) is 3.27. The molecule has 1 aromatic heterocycles. The molecule has 3 heterocycles. The number of aromatic nitrogens is 3. The van der Waals surface area contributed by atoms with Crippen molar-refractivity contribution in [3.05, 3.63) is 60.2 Å². The molecular formula is C25H29N7O2. The predicted molar refractivity (Wildman–Crippen MR) is 131 cm³/mol. The molecule has 5 N–H and O–H groups in total. The Bertz CT molecular complexity index is 1150. The van der Waals surface area contributed by atoms with Crippen molar-refractivity contribution in [3.63, 3.8) is 0 Å². The van der Waals surface area contributed by atoms with Crippen LogP contribution in [0.5, 0.6) is 0 Å². The molecule has 2 saturated heterocycles. The van der Waals surface area contributed by atoms with Gasteiger partial charge in [-0.15, -0.1) is 0 Å². The highest BCUT2D eigenvalue weighted by molar-refractivity contribution is 5.74. The maximum atomic E-state index is 11.3. The molecule has 0 bridgehead atoms. The summed E-state index contributed by atoms with van der Waals surface area (Å²) < 4.78 is 0. The summed E-state index contributed by atoms with van der Waals surface area (Å²) in [7, 11) is 0. The van der Waals surface area contributed by atoms with Crippen molar-refractivity contribution in [2.24, 2.45) is 5.41 Å². The van der Waals surface area contributed by atoms with E-state index >= 15 is 0 Å². The summed E-state index contributed by atoms with van der Waals surface area (Å²) >= 11 is 0. The Labute approximate surface area is 198 Å². The number of carbonyl (C=O) groups is 1. The summed E-state index contributed by atoms with van der Waals surface area (Å²) in [6.45, 7) is 2.84. The lowest BCUT2D eigenvalue weighted by Gasteiger charge is -2.38. The van der Waals surface area contributed by atoms with Gasteiger partial charge in [-0.3, -0.25) is 4.79 Å². The van der Waals surface area contributed by atoms with Crippen LogP contribution in [0.3, 0.4) is 0 Å². The Morgan fingerprint density at radius 2 is 1.76 bits per heavy atom. The van der Waals surface area contributed by atoms with Crippen molar-refractivity contribution in [1.82, 2.24) is 20.3 Å². The fraction of sp³-hybridized carbons (Fsp3) is 0.360.